The second-order valence-corrected chi connectivity index (χ2v) is 5.24. The zero-order valence-corrected chi connectivity index (χ0v) is 10.8. The van der Waals surface area contributed by atoms with Gasteiger partial charge in [-0.15, -0.1) is 0 Å². The highest BCUT2D eigenvalue weighted by Gasteiger charge is 2.46. The molecule has 0 bridgehead atoms. The minimum atomic E-state index is -0.759. The number of carboxylic acid groups (broad SMARTS) is 1. The van der Waals surface area contributed by atoms with E-state index in [1.54, 1.807) is 0 Å². The molecule has 4 nitrogen and oxygen atoms in total. The molecule has 0 radical (unpaired) electrons. The minimum absolute atomic E-state index is 0.320. The summed E-state index contributed by atoms with van der Waals surface area (Å²) in [4.78, 5) is 13.3. The van der Waals surface area contributed by atoms with E-state index in [9.17, 15) is 9.90 Å². The molecule has 1 saturated heterocycles. The maximum atomic E-state index is 11.2. The first-order valence-corrected chi connectivity index (χ1v) is 6.07. The Labute approximate surface area is 107 Å². The van der Waals surface area contributed by atoms with E-state index in [0.29, 0.717) is 19.8 Å². The number of aliphatic carboxylic acids is 1. The summed E-state index contributed by atoms with van der Waals surface area (Å²) in [6.07, 6.45) is 0. The lowest BCUT2D eigenvalue weighted by Gasteiger charge is -2.40. The molecule has 1 aromatic rings. The van der Waals surface area contributed by atoms with Crippen LogP contribution in [0.4, 0.5) is 0 Å². The fraction of sp³-hybridized carbons (Fsp3) is 0.500. The van der Waals surface area contributed by atoms with Crippen LogP contribution in [0.3, 0.4) is 0 Å². The van der Waals surface area contributed by atoms with E-state index < -0.39 is 11.4 Å². The van der Waals surface area contributed by atoms with Gasteiger partial charge in [0.15, 0.2) is 0 Å². The van der Waals surface area contributed by atoms with E-state index in [1.807, 2.05) is 18.0 Å². The van der Waals surface area contributed by atoms with Gasteiger partial charge >= 0.3 is 5.97 Å². The summed E-state index contributed by atoms with van der Waals surface area (Å²) in [5.74, 6) is -0.759. The van der Waals surface area contributed by atoms with Crippen LogP contribution in [0, 0.1) is 12.3 Å². The molecular formula is C14H19NO3. The summed E-state index contributed by atoms with van der Waals surface area (Å²) >= 11 is 0. The standard InChI is InChI=1S/C14H19NO3/c1-11-4-3-5-12(6-11)7-15(2)8-14(13(16)17)9-18-10-14/h3-6H,7-10H2,1-2H3,(H,16,17). The van der Waals surface area contributed by atoms with Crippen LogP contribution in [-0.2, 0) is 16.1 Å². The van der Waals surface area contributed by atoms with Crippen molar-refractivity contribution in [3.05, 3.63) is 35.4 Å². The van der Waals surface area contributed by atoms with E-state index in [-0.39, 0.29) is 0 Å². The van der Waals surface area contributed by atoms with Crippen molar-refractivity contribution < 1.29 is 14.6 Å². The Morgan fingerprint density at radius 2 is 2.22 bits per heavy atom. The number of hydrogen-bond donors (Lipinski definition) is 1. The maximum absolute atomic E-state index is 11.2. The van der Waals surface area contributed by atoms with Gasteiger partial charge < -0.3 is 14.7 Å². The van der Waals surface area contributed by atoms with Gasteiger partial charge in [0.05, 0.1) is 13.2 Å². The Morgan fingerprint density at radius 1 is 1.50 bits per heavy atom. The zero-order valence-electron chi connectivity index (χ0n) is 10.8. The Kier molecular flexibility index (Phi) is 3.68. The van der Waals surface area contributed by atoms with Crippen LogP contribution < -0.4 is 0 Å². The Morgan fingerprint density at radius 3 is 2.72 bits per heavy atom. The van der Waals surface area contributed by atoms with E-state index in [4.69, 9.17) is 4.74 Å². The molecule has 0 atom stereocenters. The van der Waals surface area contributed by atoms with Crippen molar-refractivity contribution in [2.24, 2.45) is 5.41 Å². The van der Waals surface area contributed by atoms with Crippen LogP contribution in [0.15, 0.2) is 24.3 Å². The largest absolute Gasteiger partial charge is 0.481 e. The van der Waals surface area contributed by atoms with E-state index in [1.165, 1.54) is 11.1 Å². The van der Waals surface area contributed by atoms with E-state index >= 15 is 0 Å². The molecule has 98 valence electrons. The molecule has 18 heavy (non-hydrogen) atoms. The first-order chi connectivity index (χ1) is 8.52. The number of carbonyl (C=O) groups is 1. The smallest absolute Gasteiger partial charge is 0.315 e. The van der Waals surface area contributed by atoms with Gasteiger partial charge in [-0.25, -0.2) is 0 Å². The third-order valence-corrected chi connectivity index (χ3v) is 3.32. The summed E-state index contributed by atoms with van der Waals surface area (Å²) in [5, 5.41) is 9.24. The van der Waals surface area contributed by atoms with Crippen LogP contribution in [0.25, 0.3) is 0 Å². The number of benzene rings is 1. The van der Waals surface area contributed by atoms with E-state index in [2.05, 4.69) is 25.1 Å². The molecule has 1 N–H and O–H groups in total. The second-order valence-electron chi connectivity index (χ2n) is 5.24. The van der Waals surface area contributed by atoms with Crippen molar-refractivity contribution in [3.8, 4) is 0 Å². The van der Waals surface area contributed by atoms with Crippen LogP contribution in [0.2, 0.25) is 0 Å². The number of aryl methyl sites for hydroxylation is 1. The monoisotopic (exact) mass is 249 g/mol. The molecular weight excluding hydrogens is 230 g/mol. The summed E-state index contributed by atoms with van der Waals surface area (Å²) in [6, 6.07) is 8.27. The number of carboxylic acids is 1. The fourth-order valence-electron chi connectivity index (χ4n) is 2.33. The third kappa shape index (κ3) is 2.71. The summed E-state index contributed by atoms with van der Waals surface area (Å²) in [5.41, 5.74) is 1.72. The number of rotatable bonds is 5. The van der Waals surface area contributed by atoms with Crippen LogP contribution in [0.5, 0.6) is 0 Å². The van der Waals surface area contributed by atoms with Gasteiger partial charge in [0.2, 0.25) is 0 Å². The Hall–Kier alpha value is -1.39. The molecule has 4 heteroatoms. The molecule has 0 aromatic heterocycles. The average Bonchev–Trinajstić information content (AvgIpc) is 2.23. The van der Waals surface area contributed by atoms with Gasteiger partial charge in [0.25, 0.3) is 0 Å². The molecule has 0 unspecified atom stereocenters. The van der Waals surface area contributed by atoms with Crippen molar-refractivity contribution in [2.75, 3.05) is 26.8 Å². The highest BCUT2D eigenvalue weighted by atomic mass is 16.5. The Bertz CT molecular complexity index is 440. The van der Waals surface area contributed by atoms with Crippen molar-refractivity contribution in [1.82, 2.24) is 4.90 Å². The van der Waals surface area contributed by atoms with Gasteiger partial charge in [-0.1, -0.05) is 29.8 Å². The number of hydrogen-bond acceptors (Lipinski definition) is 3. The van der Waals surface area contributed by atoms with Crippen molar-refractivity contribution in [3.63, 3.8) is 0 Å². The molecule has 0 amide bonds. The average molecular weight is 249 g/mol. The molecule has 0 saturated carbocycles. The molecule has 2 rings (SSSR count). The lowest BCUT2D eigenvalue weighted by molar-refractivity contribution is -0.183. The topological polar surface area (TPSA) is 49.8 Å². The van der Waals surface area contributed by atoms with Crippen molar-refractivity contribution >= 4 is 5.97 Å². The quantitative estimate of drug-likeness (QED) is 0.859. The molecule has 1 fully saturated rings. The van der Waals surface area contributed by atoms with Gasteiger partial charge in [0.1, 0.15) is 5.41 Å². The van der Waals surface area contributed by atoms with Gasteiger partial charge in [-0.05, 0) is 19.5 Å². The molecule has 1 heterocycles. The lowest BCUT2D eigenvalue weighted by atomic mass is 9.85. The molecule has 1 aliphatic heterocycles. The maximum Gasteiger partial charge on any atom is 0.315 e. The highest BCUT2D eigenvalue weighted by molar-refractivity contribution is 5.76. The number of ether oxygens (including phenoxy) is 1. The predicted octanol–water partition coefficient (Wildman–Crippen LogP) is 1.53. The van der Waals surface area contributed by atoms with Gasteiger partial charge in [0, 0.05) is 13.1 Å². The van der Waals surface area contributed by atoms with Crippen LogP contribution in [0.1, 0.15) is 11.1 Å². The normalized spacial score (nSPS) is 17.5. The van der Waals surface area contributed by atoms with Crippen LogP contribution in [-0.4, -0.2) is 42.8 Å². The fourth-order valence-corrected chi connectivity index (χ4v) is 2.33. The van der Waals surface area contributed by atoms with Crippen LogP contribution >= 0.6 is 0 Å². The second kappa shape index (κ2) is 5.08. The van der Waals surface area contributed by atoms with Crippen molar-refractivity contribution in [1.29, 1.82) is 0 Å². The molecule has 1 aliphatic rings. The van der Waals surface area contributed by atoms with Gasteiger partial charge in [-0.2, -0.15) is 0 Å². The first-order valence-electron chi connectivity index (χ1n) is 6.07. The predicted molar refractivity (Wildman–Crippen MR) is 68.4 cm³/mol. The summed E-state index contributed by atoms with van der Waals surface area (Å²) < 4.78 is 5.06. The number of nitrogens with zero attached hydrogens (tertiary/aromatic N) is 1. The van der Waals surface area contributed by atoms with E-state index in [0.717, 1.165) is 6.54 Å². The lowest BCUT2D eigenvalue weighted by Crippen LogP contribution is -2.55. The summed E-state index contributed by atoms with van der Waals surface area (Å²) in [7, 11) is 1.95. The van der Waals surface area contributed by atoms with Gasteiger partial charge in [-0.3, -0.25) is 4.79 Å². The molecule has 1 aromatic carbocycles. The zero-order chi connectivity index (χ0) is 13.2. The Balaban J connectivity index is 1.96. The molecule has 0 aliphatic carbocycles. The third-order valence-electron chi connectivity index (χ3n) is 3.32. The molecule has 0 spiro atoms. The minimum Gasteiger partial charge on any atom is -0.481 e. The SMILES string of the molecule is Cc1cccc(CN(C)CC2(C(=O)O)COC2)c1. The van der Waals surface area contributed by atoms with Crippen molar-refractivity contribution in [2.45, 2.75) is 13.5 Å². The first kappa shape index (κ1) is 13.1. The highest BCUT2D eigenvalue weighted by Crippen LogP contribution is 2.29. The summed E-state index contributed by atoms with van der Waals surface area (Å²) in [6.45, 7) is 3.98.